The Labute approximate surface area is 149 Å². The molecule has 1 fully saturated rings. The Morgan fingerprint density at radius 2 is 2.17 bits per heavy atom. The largest absolute Gasteiger partial charge is 0.346 e. The molecule has 2 heterocycles. The van der Waals surface area contributed by atoms with Gasteiger partial charge >= 0.3 is 6.03 Å². The molecule has 5 nitrogen and oxygen atoms in total. The maximum atomic E-state index is 13.9. The molecular formula is C16H18ClFN4OS. The van der Waals surface area contributed by atoms with Crippen molar-refractivity contribution in [3.05, 3.63) is 40.1 Å². The number of carbonyl (C=O) groups is 1. The van der Waals surface area contributed by atoms with E-state index in [-0.39, 0.29) is 16.7 Å². The summed E-state index contributed by atoms with van der Waals surface area (Å²) in [7, 11) is 0. The molecule has 1 saturated heterocycles. The van der Waals surface area contributed by atoms with Gasteiger partial charge < -0.3 is 15.1 Å². The molecule has 0 aliphatic carbocycles. The van der Waals surface area contributed by atoms with Gasteiger partial charge in [0.25, 0.3) is 0 Å². The summed E-state index contributed by atoms with van der Waals surface area (Å²) in [6.07, 6.45) is 0.837. The molecule has 8 heteroatoms. The van der Waals surface area contributed by atoms with E-state index in [0.717, 1.165) is 23.8 Å². The van der Waals surface area contributed by atoms with E-state index in [2.05, 4.69) is 15.2 Å². The molecule has 0 saturated carbocycles. The highest BCUT2D eigenvalue weighted by molar-refractivity contribution is 7.13. The van der Waals surface area contributed by atoms with Crippen LogP contribution in [0.3, 0.4) is 0 Å². The van der Waals surface area contributed by atoms with Crippen LogP contribution in [0.5, 0.6) is 0 Å². The Morgan fingerprint density at radius 3 is 2.92 bits per heavy atom. The first-order valence-electron chi connectivity index (χ1n) is 7.71. The lowest BCUT2D eigenvalue weighted by Gasteiger charge is -2.22. The lowest BCUT2D eigenvalue weighted by atomic mass is 10.3. The predicted octanol–water partition coefficient (Wildman–Crippen LogP) is 3.99. The van der Waals surface area contributed by atoms with E-state index in [0.29, 0.717) is 19.6 Å². The van der Waals surface area contributed by atoms with Gasteiger partial charge in [0.15, 0.2) is 10.9 Å². The molecule has 1 aromatic heterocycles. The molecule has 0 radical (unpaired) electrons. The van der Waals surface area contributed by atoms with E-state index in [1.807, 2.05) is 12.3 Å². The number of carbonyl (C=O) groups excluding carboxylic acids is 1. The minimum Gasteiger partial charge on any atom is -0.346 e. The number of rotatable bonds is 2. The van der Waals surface area contributed by atoms with Crippen LogP contribution in [-0.2, 0) is 0 Å². The standard InChI is InChI=1S/C16H18ClFN4OS/c1-11-10-24-16(19-11)22-7-3-6-21(8-9-22)15(23)20-13-5-2-4-12(17)14(13)18/h2,4-5,10H,3,6-9H2,1H3,(H,20,23). The van der Waals surface area contributed by atoms with Gasteiger partial charge in [-0.3, -0.25) is 0 Å². The average molecular weight is 369 g/mol. The molecule has 2 amide bonds. The Hall–Kier alpha value is -1.86. The third-order valence-electron chi connectivity index (χ3n) is 3.85. The number of amides is 2. The highest BCUT2D eigenvalue weighted by Gasteiger charge is 2.21. The number of thiazole rings is 1. The fourth-order valence-electron chi connectivity index (χ4n) is 2.59. The van der Waals surface area contributed by atoms with Crippen LogP contribution >= 0.6 is 22.9 Å². The summed E-state index contributed by atoms with van der Waals surface area (Å²) in [5.74, 6) is -0.609. The molecule has 1 aromatic carbocycles. The number of anilines is 2. The van der Waals surface area contributed by atoms with Crippen LogP contribution in [0.1, 0.15) is 12.1 Å². The van der Waals surface area contributed by atoms with Gasteiger partial charge in [-0.1, -0.05) is 17.7 Å². The second-order valence-electron chi connectivity index (χ2n) is 5.63. The fourth-order valence-corrected chi connectivity index (χ4v) is 3.62. The lowest BCUT2D eigenvalue weighted by molar-refractivity contribution is 0.215. The zero-order valence-corrected chi connectivity index (χ0v) is 14.8. The first kappa shape index (κ1) is 17.0. The first-order chi connectivity index (χ1) is 11.5. The van der Waals surface area contributed by atoms with E-state index in [4.69, 9.17) is 11.6 Å². The van der Waals surface area contributed by atoms with Gasteiger partial charge in [0.05, 0.1) is 16.4 Å². The SMILES string of the molecule is Cc1csc(N2CCCN(C(=O)Nc3cccc(Cl)c3F)CC2)n1. The smallest absolute Gasteiger partial charge is 0.321 e. The van der Waals surface area contributed by atoms with E-state index in [1.54, 1.807) is 22.3 Å². The van der Waals surface area contributed by atoms with Crippen LogP contribution < -0.4 is 10.2 Å². The molecule has 1 aliphatic rings. The van der Waals surface area contributed by atoms with Gasteiger partial charge in [-0.2, -0.15) is 0 Å². The van der Waals surface area contributed by atoms with Crippen molar-refractivity contribution in [3.63, 3.8) is 0 Å². The number of benzene rings is 1. The number of urea groups is 1. The molecule has 0 unspecified atom stereocenters. The Kier molecular flexibility index (Phi) is 5.20. The van der Waals surface area contributed by atoms with Crippen LogP contribution in [0.2, 0.25) is 5.02 Å². The van der Waals surface area contributed by atoms with Gasteiger partial charge in [0.2, 0.25) is 0 Å². The van der Waals surface area contributed by atoms with Crippen molar-refractivity contribution in [1.29, 1.82) is 0 Å². The van der Waals surface area contributed by atoms with E-state index >= 15 is 0 Å². The number of aryl methyl sites for hydroxylation is 1. The maximum Gasteiger partial charge on any atom is 0.321 e. The molecule has 3 rings (SSSR count). The third-order valence-corrected chi connectivity index (χ3v) is 5.16. The molecule has 0 bridgehead atoms. The van der Waals surface area contributed by atoms with Crippen molar-refractivity contribution in [2.75, 3.05) is 36.4 Å². The fraction of sp³-hybridized carbons (Fsp3) is 0.375. The van der Waals surface area contributed by atoms with Crippen molar-refractivity contribution < 1.29 is 9.18 Å². The average Bonchev–Trinajstić information content (AvgIpc) is 2.84. The van der Waals surface area contributed by atoms with Crippen LogP contribution in [0.4, 0.5) is 20.0 Å². The Bertz CT molecular complexity index is 739. The summed E-state index contributed by atoms with van der Waals surface area (Å²) in [5.41, 5.74) is 1.11. The summed E-state index contributed by atoms with van der Waals surface area (Å²) in [5, 5.41) is 5.60. The summed E-state index contributed by atoms with van der Waals surface area (Å²) in [6, 6.07) is 4.25. The van der Waals surface area contributed by atoms with Crippen molar-refractivity contribution in [1.82, 2.24) is 9.88 Å². The summed E-state index contributed by atoms with van der Waals surface area (Å²) < 4.78 is 13.9. The zero-order valence-electron chi connectivity index (χ0n) is 13.3. The van der Waals surface area contributed by atoms with Gasteiger partial charge in [0, 0.05) is 31.6 Å². The molecule has 0 spiro atoms. The highest BCUT2D eigenvalue weighted by Crippen LogP contribution is 2.23. The number of halogens is 2. The molecule has 2 aromatic rings. The summed E-state index contributed by atoms with van der Waals surface area (Å²) in [6.45, 7) is 4.71. The number of hydrogen-bond acceptors (Lipinski definition) is 4. The van der Waals surface area contributed by atoms with Gasteiger partial charge in [-0.05, 0) is 25.5 Å². The Balaban J connectivity index is 1.63. The number of aromatic nitrogens is 1. The van der Waals surface area contributed by atoms with Crippen molar-refractivity contribution >= 4 is 39.8 Å². The quantitative estimate of drug-likeness (QED) is 0.872. The topological polar surface area (TPSA) is 48.5 Å². The van der Waals surface area contributed by atoms with Crippen LogP contribution in [0.15, 0.2) is 23.6 Å². The van der Waals surface area contributed by atoms with Crippen LogP contribution in [0, 0.1) is 12.7 Å². The highest BCUT2D eigenvalue weighted by atomic mass is 35.5. The van der Waals surface area contributed by atoms with E-state index in [1.165, 1.54) is 12.1 Å². The van der Waals surface area contributed by atoms with E-state index < -0.39 is 5.82 Å². The second-order valence-corrected chi connectivity index (χ2v) is 6.87. The van der Waals surface area contributed by atoms with Crippen molar-refractivity contribution in [2.24, 2.45) is 0 Å². The third kappa shape index (κ3) is 3.79. The van der Waals surface area contributed by atoms with Gasteiger partial charge in [-0.15, -0.1) is 11.3 Å². The molecule has 24 heavy (non-hydrogen) atoms. The van der Waals surface area contributed by atoms with Crippen LogP contribution in [0.25, 0.3) is 0 Å². The molecular weight excluding hydrogens is 351 g/mol. The molecule has 1 N–H and O–H groups in total. The monoisotopic (exact) mass is 368 g/mol. The van der Waals surface area contributed by atoms with Crippen molar-refractivity contribution in [2.45, 2.75) is 13.3 Å². The second kappa shape index (κ2) is 7.36. The van der Waals surface area contributed by atoms with Gasteiger partial charge in [0.1, 0.15) is 0 Å². The number of hydrogen-bond donors (Lipinski definition) is 1. The minimum atomic E-state index is -0.609. The maximum absolute atomic E-state index is 13.9. The summed E-state index contributed by atoms with van der Waals surface area (Å²) >= 11 is 7.36. The van der Waals surface area contributed by atoms with Gasteiger partial charge in [-0.25, -0.2) is 14.2 Å². The number of nitrogens with one attached hydrogen (secondary N) is 1. The normalized spacial score (nSPS) is 15.3. The predicted molar refractivity (Wildman–Crippen MR) is 95.7 cm³/mol. The minimum absolute atomic E-state index is 0.00557. The van der Waals surface area contributed by atoms with E-state index in [9.17, 15) is 9.18 Å². The van der Waals surface area contributed by atoms with Crippen molar-refractivity contribution in [3.8, 4) is 0 Å². The molecule has 1 aliphatic heterocycles. The Morgan fingerprint density at radius 1 is 1.33 bits per heavy atom. The zero-order chi connectivity index (χ0) is 17.1. The van der Waals surface area contributed by atoms with Crippen LogP contribution in [-0.4, -0.2) is 42.1 Å². The first-order valence-corrected chi connectivity index (χ1v) is 8.97. The number of nitrogens with zero attached hydrogens (tertiary/aromatic N) is 3. The lowest BCUT2D eigenvalue weighted by Crippen LogP contribution is -2.38. The molecule has 0 atom stereocenters. The molecule has 128 valence electrons. The summed E-state index contributed by atoms with van der Waals surface area (Å²) in [4.78, 5) is 20.8.